The lowest BCUT2D eigenvalue weighted by Crippen LogP contribution is -2.41. The van der Waals surface area contributed by atoms with Gasteiger partial charge in [-0.3, -0.25) is 14.4 Å². The highest BCUT2D eigenvalue weighted by atomic mass is 32.2. The van der Waals surface area contributed by atoms with Crippen molar-refractivity contribution in [2.75, 3.05) is 18.5 Å². The molecule has 264 valence electrons. The van der Waals surface area contributed by atoms with Gasteiger partial charge in [0.1, 0.15) is 0 Å². The zero-order valence-electron chi connectivity index (χ0n) is 27.0. The number of sulfonamides is 1. The van der Waals surface area contributed by atoms with E-state index >= 15 is 0 Å². The molecule has 0 aliphatic heterocycles. The van der Waals surface area contributed by atoms with Gasteiger partial charge in [-0.05, 0) is 59.7 Å². The van der Waals surface area contributed by atoms with Crippen LogP contribution in [0.25, 0.3) is 0 Å². The highest BCUT2D eigenvalue weighted by molar-refractivity contribution is 7.89. The summed E-state index contributed by atoms with van der Waals surface area (Å²) < 4.78 is 96.7. The van der Waals surface area contributed by atoms with Crippen LogP contribution in [0.5, 0.6) is 0 Å². The zero-order chi connectivity index (χ0) is 36.0. The average Bonchev–Trinajstić information content (AvgIpc) is 3.13. The predicted octanol–water partition coefficient (Wildman–Crippen LogP) is 7.15. The van der Waals surface area contributed by atoms with Crippen LogP contribution in [-0.2, 0) is 32.8 Å². The molecule has 1 aliphatic rings. The molecule has 0 unspecified atom stereocenters. The molecule has 1 aliphatic carbocycles. The molecule has 50 heavy (non-hydrogen) atoms. The zero-order valence-corrected chi connectivity index (χ0v) is 27.8. The molecule has 1 fully saturated rings. The van der Waals surface area contributed by atoms with Crippen molar-refractivity contribution in [1.82, 2.24) is 9.79 Å². The van der Waals surface area contributed by atoms with E-state index in [9.17, 15) is 40.0 Å². The summed E-state index contributed by atoms with van der Waals surface area (Å²) in [5, 5.41) is 0. The van der Waals surface area contributed by atoms with E-state index in [1.54, 1.807) is 0 Å². The van der Waals surface area contributed by atoms with Crippen LogP contribution < -0.4 is 10.4 Å². The number of nitrogens with zero attached hydrogens (tertiary/aromatic N) is 2. The van der Waals surface area contributed by atoms with Crippen molar-refractivity contribution in [3.8, 4) is 0 Å². The minimum atomic E-state index is -5.39. The molecular weight excluding hydrogens is 681 g/mol. The Morgan fingerprint density at radius 2 is 1.34 bits per heavy atom. The minimum Gasteiger partial charge on any atom is -0.307 e. The van der Waals surface area contributed by atoms with Gasteiger partial charge in [0.25, 0.3) is 5.91 Å². The normalized spacial score (nSPS) is 13.7. The Labute approximate surface area is 286 Å². The molecule has 14 heteroatoms. The van der Waals surface area contributed by atoms with E-state index in [-0.39, 0.29) is 28.7 Å². The Bertz CT molecular complexity index is 1910. The summed E-state index contributed by atoms with van der Waals surface area (Å²) in [6, 6.07) is 22.5. The van der Waals surface area contributed by atoms with E-state index < -0.39 is 62.4 Å². The number of carbonyl (C=O) groups excluding carboxylic acids is 2. The SMILES string of the molecule is CN(CC(=O)N(Cc1ccc(C2CCCCC2)cc1)c1ccc(C(=O)NOCc2ccccc2)cc1)S(=O)(=O)c1c(F)c(F)c(F)c(F)c1F. The van der Waals surface area contributed by atoms with Gasteiger partial charge in [0.05, 0.1) is 19.7 Å². The number of rotatable bonds is 12. The topological polar surface area (TPSA) is 96.0 Å². The van der Waals surface area contributed by atoms with Gasteiger partial charge in [0.15, 0.2) is 28.2 Å². The lowest BCUT2D eigenvalue weighted by Gasteiger charge is -2.27. The lowest BCUT2D eigenvalue weighted by molar-refractivity contribution is -0.118. The van der Waals surface area contributed by atoms with Crippen molar-refractivity contribution in [2.24, 2.45) is 0 Å². The predicted molar refractivity (Wildman–Crippen MR) is 175 cm³/mol. The molecule has 4 aromatic carbocycles. The van der Waals surface area contributed by atoms with E-state index in [0.717, 1.165) is 43.9 Å². The Morgan fingerprint density at radius 1 is 0.760 bits per heavy atom. The summed E-state index contributed by atoms with van der Waals surface area (Å²) in [5.41, 5.74) is 5.40. The molecule has 1 N–H and O–H groups in total. The fraction of sp³-hybridized carbons (Fsp3) is 0.278. The maximum atomic E-state index is 14.5. The summed E-state index contributed by atoms with van der Waals surface area (Å²) >= 11 is 0. The number of benzene rings is 4. The number of anilines is 1. The molecule has 2 amide bonds. The number of amides is 2. The number of carbonyl (C=O) groups is 2. The maximum Gasteiger partial charge on any atom is 0.274 e. The molecule has 8 nitrogen and oxygen atoms in total. The number of hydrogen-bond acceptors (Lipinski definition) is 5. The third kappa shape index (κ3) is 8.20. The standard InChI is InChI=1S/C36H34F5N3O5S/c1-43(50(47,48)35-33(40)31(38)30(37)32(39)34(35)41)21-29(45)44(20-23-12-14-26(15-13-23)25-10-6-3-7-11-25)28-18-16-27(17-19-28)36(46)42-49-22-24-8-4-2-5-9-24/h2,4-5,8-9,12-19,25H,3,6-7,10-11,20-22H2,1H3,(H,42,46). The Kier molecular flexibility index (Phi) is 11.7. The molecule has 4 aromatic rings. The smallest absolute Gasteiger partial charge is 0.274 e. The van der Waals surface area contributed by atoms with Gasteiger partial charge in [-0.25, -0.2) is 35.8 Å². The van der Waals surface area contributed by atoms with Gasteiger partial charge in [-0.15, -0.1) is 0 Å². The molecule has 0 heterocycles. The summed E-state index contributed by atoms with van der Waals surface area (Å²) in [5.74, 6) is -13.5. The monoisotopic (exact) mass is 715 g/mol. The third-order valence-electron chi connectivity index (χ3n) is 8.58. The maximum absolute atomic E-state index is 14.5. The van der Waals surface area contributed by atoms with Crippen LogP contribution in [0, 0.1) is 29.1 Å². The van der Waals surface area contributed by atoms with Crippen molar-refractivity contribution in [3.63, 3.8) is 0 Å². The highest BCUT2D eigenvalue weighted by Gasteiger charge is 2.37. The van der Waals surface area contributed by atoms with Crippen molar-refractivity contribution >= 4 is 27.5 Å². The van der Waals surface area contributed by atoms with Crippen molar-refractivity contribution < 1.29 is 44.8 Å². The van der Waals surface area contributed by atoms with Gasteiger partial charge in [0.2, 0.25) is 21.7 Å². The fourth-order valence-electron chi connectivity index (χ4n) is 5.78. The molecule has 0 radical (unpaired) electrons. The highest BCUT2D eigenvalue weighted by Crippen LogP contribution is 2.33. The Balaban J connectivity index is 1.37. The summed E-state index contributed by atoms with van der Waals surface area (Å²) in [6.07, 6.45) is 5.63. The van der Waals surface area contributed by atoms with Gasteiger partial charge >= 0.3 is 0 Å². The van der Waals surface area contributed by atoms with Crippen LogP contribution >= 0.6 is 0 Å². The second-order valence-electron chi connectivity index (χ2n) is 12.0. The van der Waals surface area contributed by atoms with Gasteiger partial charge < -0.3 is 4.90 Å². The first-order valence-corrected chi connectivity index (χ1v) is 17.3. The lowest BCUT2D eigenvalue weighted by atomic mass is 9.84. The van der Waals surface area contributed by atoms with Crippen LogP contribution in [-0.4, -0.2) is 38.1 Å². The number of hydrogen-bond donors (Lipinski definition) is 1. The molecule has 0 bridgehead atoms. The number of nitrogens with one attached hydrogen (secondary N) is 1. The molecule has 0 spiro atoms. The first-order chi connectivity index (χ1) is 23.9. The number of hydroxylamine groups is 1. The van der Waals surface area contributed by atoms with Crippen LogP contribution in [0.15, 0.2) is 83.8 Å². The first kappa shape index (κ1) is 36.6. The van der Waals surface area contributed by atoms with E-state index in [1.165, 1.54) is 35.6 Å². The largest absolute Gasteiger partial charge is 0.307 e. The third-order valence-corrected chi connectivity index (χ3v) is 10.4. The van der Waals surface area contributed by atoms with Crippen LogP contribution in [0.4, 0.5) is 27.6 Å². The van der Waals surface area contributed by atoms with E-state index in [4.69, 9.17) is 4.84 Å². The van der Waals surface area contributed by atoms with Gasteiger partial charge in [-0.2, -0.15) is 4.31 Å². The van der Waals surface area contributed by atoms with Crippen LogP contribution in [0.3, 0.4) is 0 Å². The molecule has 1 saturated carbocycles. The molecule has 0 saturated heterocycles. The van der Waals surface area contributed by atoms with E-state index in [1.807, 2.05) is 54.6 Å². The van der Waals surface area contributed by atoms with E-state index in [2.05, 4.69) is 5.48 Å². The summed E-state index contributed by atoms with van der Waals surface area (Å²) in [7, 11) is -4.61. The van der Waals surface area contributed by atoms with Crippen LogP contribution in [0.1, 0.15) is 65.1 Å². The number of likely N-dealkylation sites (N-methyl/N-ethyl adjacent to an activating group) is 1. The van der Waals surface area contributed by atoms with E-state index in [0.29, 0.717) is 11.5 Å². The Hall–Kier alpha value is -4.66. The molecule has 5 rings (SSSR count). The minimum absolute atomic E-state index is 0.0775. The molecular formula is C36H34F5N3O5S. The van der Waals surface area contributed by atoms with Crippen molar-refractivity contribution in [3.05, 3.63) is 130 Å². The first-order valence-electron chi connectivity index (χ1n) is 15.8. The average molecular weight is 716 g/mol. The van der Waals surface area contributed by atoms with Crippen LogP contribution in [0.2, 0.25) is 0 Å². The van der Waals surface area contributed by atoms with Gasteiger partial charge in [0, 0.05) is 18.3 Å². The second kappa shape index (κ2) is 15.9. The summed E-state index contributed by atoms with van der Waals surface area (Å²) in [4.78, 5) is 30.8. The van der Waals surface area contributed by atoms with Crippen molar-refractivity contribution in [2.45, 2.75) is 56.1 Å². The second-order valence-corrected chi connectivity index (χ2v) is 14.0. The fourth-order valence-corrected chi connectivity index (χ4v) is 7.00. The van der Waals surface area contributed by atoms with Gasteiger partial charge in [-0.1, -0.05) is 73.9 Å². The Morgan fingerprint density at radius 3 is 1.94 bits per heavy atom. The molecule has 0 atom stereocenters. The molecule has 0 aromatic heterocycles. The summed E-state index contributed by atoms with van der Waals surface area (Å²) in [6.45, 7) is -0.989. The number of halogens is 5. The quantitative estimate of drug-likeness (QED) is 0.0728. The van der Waals surface area contributed by atoms with Crippen molar-refractivity contribution in [1.29, 1.82) is 0 Å².